The van der Waals surface area contributed by atoms with Gasteiger partial charge in [-0.15, -0.1) is 0 Å². The molecule has 3 aromatic carbocycles. The summed E-state index contributed by atoms with van der Waals surface area (Å²) < 4.78 is 91.3. The van der Waals surface area contributed by atoms with E-state index in [4.69, 9.17) is 19.2 Å². The lowest BCUT2D eigenvalue weighted by atomic mass is 9.59. The maximum atomic E-state index is 14.6. The highest BCUT2D eigenvalue weighted by atomic mass is 32.2. The SMILES string of the molecule is CC(C)(c1ccccc1[C@@H]1CCCN1C1CC2(CCN(c3ccc(C(=O)NS(=O)(=O)c4ccc(NCC5CCOCC5)c([N+](=O)[O-])c4)c(N4c5cc6cc[nH]c6nc5O[C@H]5COC[C@@H]54)c3)CC2)C1)C(F)(F)F. The molecule has 382 valence electrons. The Hall–Kier alpha value is -5.96. The number of halogens is 3. The number of alkyl halides is 3. The number of fused-ring (bicyclic) bond motifs is 3. The summed E-state index contributed by atoms with van der Waals surface area (Å²) in [6.45, 7) is 7.04. The zero-order chi connectivity index (χ0) is 50.2. The second-order valence-corrected chi connectivity index (χ2v) is 22.7. The van der Waals surface area contributed by atoms with E-state index in [1.165, 1.54) is 26.0 Å². The van der Waals surface area contributed by atoms with Gasteiger partial charge in [0, 0.05) is 68.3 Å². The molecule has 7 heterocycles. The first kappa shape index (κ1) is 48.3. The Labute approximate surface area is 415 Å². The molecule has 1 aliphatic carbocycles. The highest BCUT2D eigenvalue weighted by molar-refractivity contribution is 7.90. The number of aromatic nitrogens is 2. The van der Waals surface area contributed by atoms with E-state index in [0.29, 0.717) is 48.2 Å². The van der Waals surface area contributed by atoms with E-state index in [1.54, 1.807) is 24.4 Å². The lowest BCUT2D eigenvalue weighted by Crippen LogP contribution is -2.55. The van der Waals surface area contributed by atoms with Crippen molar-refractivity contribution >= 4 is 55.4 Å². The summed E-state index contributed by atoms with van der Waals surface area (Å²) in [6.07, 6.45) is 4.03. The van der Waals surface area contributed by atoms with Crippen LogP contribution < -0.4 is 24.6 Å². The second kappa shape index (κ2) is 18.5. The Kier molecular flexibility index (Phi) is 12.4. The number of nitrogens with zero attached hydrogens (tertiary/aromatic N) is 5. The molecule has 72 heavy (non-hydrogen) atoms. The number of nitro groups is 1. The molecule has 0 bridgehead atoms. The number of H-pyrrole nitrogens is 1. The lowest BCUT2D eigenvalue weighted by molar-refractivity contribution is -0.384. The number of piperidine rings is 1. The fraction of sp³-hybridized carbons (Fsp3) is 0.500. The van der Waals surface area contributed by atoms with Gasteiger partial charge < -0.3 is 34.3 Å². The molecule has 1 saturated carbocycles. The Morgan fingerprint density at radius 1 is 0.944 bits per heavy atom. The number of hydrogen-bond donors (Lipinski definition) is 3. The molecule has 5 fully saturated rings. The van der Waals surface area contributed by atoms with Crippen LogP contribution in [0.1, 0.15) is 92.7 Å². The minimum Gasteiger partial charge on any atom is -0.468 e. The molecule has 1 amide bonds. The largest absolute Gasteiger partial charge is 0.468 e. The maximum Gasteiger partial charge on any atom is 0.397 e. The molecule has 3 N–H and O–H groups in total. The van der Waals surface area contributed by atoms with E-state index in [2.05, 4.69) is 24.8 Å². The smallest absolute Gasteiger partial charge is 0.397 e. The fourth-order valence-electron chi connectivity index (χ4n) is 12.1. The number of ether oxygens (including phenoxy) is 3. The minimum atomic E-state index is -4.64. The van der Waals surface area contributed by atoms with Gasteiger partial charge in [-0.2, -0.15) is 18.2 Å². The third-order valence-electron chi connectivity index (χ3n) is 16.4. The number of aromatic amines is 1. The third-order valence-corrected chi connectivity index (χ3v) is 17.8. The van der Waals surface area contributed by atoms with Crippen molar-refractivity contribution in [3.63, 3.8) is 0 Å². The first-order valence-corrected chi connectivity index (χ1v) is 26.5. The summed E-state index contributed by atoms with van der Waals surface area (Å²) in [6, 6.07) is 19.6. The van der Waals surface area contributed by atoms with Crippen molar-refractivity contribution in [1.29, 1.82) is 0 Å². The number of pyridine rings is 1. The van der Waals surface area contributed by atoms with Crippen LogP contribution in [0.5, 0.6) is 5.88 Å². The predicted octanol–water partition coefficient (Wildman–Crippen LogP) is 9.15. The number of rotatable bonds is 12. The molecule has 11 rings (SSSR count). The van der Waals surface area contributed by atoms with Crippen molar-refractivity contribution in [2.24, 2.45) is 11.3 Å². The number of carbonyl (C=O) groups excluding carboxylic acids is 1. The van der Waals surface area contributed by atoms with E-state index in [1.807, 2.05) is 41.3 Å². The van der Waals surface area contributed by atoms with Crippen LogP contribution in [-0.2, 0) is 24.9 Å². The van der Waals surface area contributed by atoms with Crippen LogP contribution in [0, 0.1) is 21.4 Å². The molecule has 0 unspecified atom stereocenters. The van der Waals surface area contributed by atoms with E-state index in [-0.39, 0.29) is 47.9 Å². The van der Waals surface area contributed by atoms with Gasteiger partial charge in [0.2, 0.25) is 5.88 Å². The van der Waals surface area contributed by atoms with E-state index < -0.39 is 55.2 Å². The number of likely N-dealkylation sites (tertiary alicyclic amines) is 1. The van der Waals surface area contributed by atoms with Gasteiger partial charge >= 0.3 is 6.18 Å². The number of hydrogen-bond acceptors (Lipinski definition) is 13. The van der Waals surface area contributed by atoms with Crippen LogP contribution in [0.3, 0.4) is 0 Å². The molecule has 16 nitrogen and oxygen atoms in total. The van der Waals surface area contributed by atoms with Gasteiger partial charge in [-0.1, -0.05) is 24.3 Å². The molecule has 6 aliphatic rings. The van der Waals surface area contributed by atoms with E-state index in [9.17, 15) is 36.5 Å². The minimum absolute atomic E-state index is 0.0508. The fourth-order valence-corrected chi connectivity index (χ4v) is 13.1. The maximum absolute atomic E-state index is 14.6. The highest BCUT2D eigenvalue weighted by Gasteiger charge is 2.53. The summed E-state index contributed by atoms with van der Waals surface area (Å²) in [5, 5.41) is 16.2. The summed E-state index contributed by atoms with van der Waals surface area (Å²) >= 11 is 0. The summed E-state index contributed by atoms with van der Waals surface area (Å²) in [5.74, 6) is -0.357. The number of anilines is 4. The molecule has 2 aromatic heterocycles. The molecule has 20 heteroatoms. The van der Waals surface area contributed by atoms with Crippen LogP contribution in [-0.4, -0.2) is 111 Å². The average Bonchev–Trinajstić information content (AvgIpc) is 4.15. The summed E-state index contributed by atoms with van der Waals surface area (Å²) in [5.41, 5.74) is 1.46. The van der Waals surface area contributed by atoms with Gasteiger partial charge in [-0.05, 0) is 137 Å². The zero-order valence-electron chi connectivity index (χ0n) is 40.3. The Balaban J connectivity index is 0.856. The molecule has 4 saturated heterocycles. The van der Waals surface area contributed by atoms with Crippen molar-refractivity contribution in [2.75, 3.05) is 67.7 Å². The van der Waals surface area contributed by atoms with Crippen LogP contribution in [0.15, 0.2) is 83.9 Å². The molecule has 0 radical (unpaired) electrons. The first-order valence-electron chi connectivity index (χ1n) is 25.0. The normalized spacial score (nSPS) is 22.9. The molecule has 1 spiro atoms. The zero-order valence-corrected chi connectivity index (χ0v) is 41.1. The monoisotopic (exact) mass is 1010 g/mol. The molecule has 3 atom stereocenters. The number of nitro benzene ring substituents is 1. The van der Waals surface area contributed by atoms with Crippen LogP contribution in [0.2, 0.25) is 0 Å². The van der Waals surface area contributed by atoms with E-state index >= 15 is 0 Å². The van der Waals surface area contributed by atoms with Gasteiger partial charge in [0.05, 0.1) is 45.7 Å². The number of amides is 1. The summed E-state index contributed by atoms with van der Waals surface area (Å²) in [7, 11) is -4.64. The van der Waals surface area contributed by atoms with Crippen molar-refractivity contribution < 1.29 is 45.5 Å². The van der Waals surface area contributed by atoms with Gasteiger partial charge in [0.15, 0.2) is 0 Å². The van der Waals surface area contributed by atoms with Gasteiger partial charge in [0.1, 0.15) is 23.1 Å². The second-order valence-electron chi connectivity index (χ2n) is 21.0. The van der Waals surface area contributed by atoms with Crippen molar-refractivity contribution in [1.82, 2.24) is 19.6 Å². The Morgan fingerprint density at radius 3 is 2.49 bits per heavy atom. The number of sulfonamides is 1. The standard InChI is InChI=1S/C52H59F3N8O8S/c1-50(2,52(53,54)55)39-7-4-3-6-37(39)41-8-5-19-61(41)35-27-51(28-35)16-20-60(21-17-51)34-9-11-38(42(25-34)62-44-24-33-13-18-56-47(33)58-49(44)71-46-31-70-30-45(46)62)48(64)59-72(67,68)36-10-12-40(43(26-36)63(65)66)57-29-32-14-22-69-23-15-32/h3-4,6-7,9-13,18,24-26,32,35,41,45-46,57H,5,8,14-17,19-23,27-31H2,1-2H3,(H,56,58)(H,59,64)/t41-,45-,46-/m0/s1. The van der Waals surface area contributed by atoms with Crippen molar-refractivity contribution in [3.8, 4) is 5.88 Å². The predicted molar refractivity (Wildman–Crippen MR) is 265 cm³/mol. The molecular weight excluding hydrogens is 954 g/mol. The Morgan fingerprint density at radius 2 is 1.72 bits per heavy atom. The van der Waals surface area contributed by atoms with Crippen LogP contribution >= 0.6 is 0 Å². The van der Waals surface area contributed by atoms with Gasteiger partial charge in [0.25, 0.3) is 21.6 Å². The van der Waals surface area contributed by atoms with Crippen molar-refractivity contribution in [2.45, 2.75) is 106 Å². The number of carbonyl (C=O) groups is 1. The van der Waals surface area contributed by atoms with Crippen LogP contribution in [0.4, 0.5) is 41.6 Å². The number of benzene rings is 3. The molecular formula is C52H59F3N8O8S. The first-order chi connectivity index (χ1) is 34.5. The van der Waals surface area contributed by atoms with Gasteiger partial charge in [-0.3, -0.25) is 19.8 Å². The average molecular weight is 1010 g/mol. The van der Waals surface area contributed by atoms with Gasteiger partial charge in [-0.25, -0.2) is 13.1 Å². The summed E-state index contributed by atoms with van der Waals surface area (Å²) in [4.78, 5) is 40.4. The highest BCUT2D eigenvalue weighted by Crippen LogP contribution is 2.55. The third kappa shape index (κ3) is 8.80. The quantitative estimate of drug-likeness (QED) is 0.0795. The van der Waals surface area contributed by atoms with Crippen molar-refractivity contribution in [3.05, 3.63) is 106 Å². The molecule has 5 aliphatic heterocycles. The topological polar surface area (TPSA) is 184 Å². The molecule has 5 aromatic rings. The number of nitrogens with one attached hydrogen (secondary N) is 3. The lowest BCUT2D eigenvalue weighted by Gasteiger charge is -2.56. The van der Waals surface area contributed by atoms with Crippen LogP contribution in [0.25, 0.3) is 11.0 Å². The van der Waals surface area contributed by atoms with E-state index in [0.717, 1.165) is 93.7 Å². The Bertz CT molecular complexity index is 3000.